The molecule has 162 valence electrons. The van der Waals surface area contributed by atoms with Crippen LogP contribution in [0.5, 0.6) is 0 Å². The average molecular weight is 447 g/mol. The molecule has 0 aromatic heterocycles. The number of sulfonamides is 1. The van der Waals surface area contributed by atoms with Crippen LogP contribution in [-0.2, 0) is 16.6 Å². The molecule has 1 aliphatic rings. The van der Waals surface area contributed by atoms with Crippen LogP contribution in [0, 0.1) is 0 Å². The van der Waals surface area contributed by atoms with Crippen molar-refractivity contribution in [2.75, 3.05) is 22.9 Å². The first kappa shape index (κ1) is 22.7. The fraction of sp³-hybridized carbons (Fsp3) is 0.435. The van der Waals surface area contributed by atoms with E-state index >= 15 is 0 Å². The summed E-state index contributed by atoms with van der Waals surface area (Å²) in [6, 6.07) is 16.2. The number of benzene rings is 2. The largest absolute Gasteiger partial charge is 0.351 e. The highest BCUT2D eigenvalue weighted by molar-refractivity contribution is 7.99. The first-order valence-corrected chi connectivity index (χ1v) is 13.3. The van der Waals surface area contributed by atoms with E-state index in [9.17, 15) is 13.2 Å². The number of carbonyl (C=O) groups excluding carboxylic acids is 1. The molecule has 1 aliphatic carbocycles. The van der Waals surface area contributed by atoms with Crippen molar-refractivity contribution in [2.24, 2.45) is 0 Å². The summed E-state index contributed by atoms with van der Waals surface area (Å²) in [6.45, 7) is 0.889. The van der Waals surface area contributed by atoms with Crippen molar-refractivity contribution in [3.63, 3.8) is 0 Å². The summed E-state index contributed by atoms with van der Waals surface area (Å²) in [7, 11) is -3.42. The van der Waals surface area contributed by atoms with Gasteiger partial charge in [-0.05, 0) is 42.7 Å². The number of hydrogen-bond acceptors (Lipinski definition) is 4. The summed E-state index contributed by atoms with van der Waals surface area (Å²) in [6.07, 6.45) is 7.82. The highest BCUT2D eigenvalue weighted by Crippen LogP contribution is 2.27. The summed E-state index contributed by atoms with van der Waals surface area (Å²) in [5.41, 5.74) is 2.04. The second-order valence-electron chi connectivity index (χ2n) is 7.69. The van der Waals surface area contributed by atoms with Crippen molar-refractivity contribution >= 4 is 33.4 Å². The Kier molecular flexibility index (Phi) is 8.22. The molecule has 0 spiro atoms. The molecule has 3 rings (SSSR count). The van der Waals surface area contributed by atoms with Crippen LogP contribution < -0.4 is 9.62 Å². The summed E-state index contributed by atoms with van der Waals surface area (Å²) in [4.78, 5) is 12.4. The summed E-state index contributed by atoms with van der Waals surface area (Å²) in [5, 5.41) is 3.73. The number of hydrogen-bond donors (Lipinski definition) is 1. The molecule has 2 aromatic carbocycles. The van der Waals surface area contributed by atoms with E-state index in [0.29, 0.717) is 17.8 Å². The number of para-hydroxylation sites is 1. The topological polar surface area (TPSA) is 66.5 Å². The first-order valence-electron chi connectivity index (χ1n) is 10.4. The minimum absolute atomic E-state index is 0.0891. The SMILES string of the molecule is CS(=O)(=O)N(Cc1ccc(C(=O)NCCSC2CCCCC2)cc1)c1ccccc1. The van der Waals surface area contributed by atoms with E-state index in [2.05, 4.69) is 5.32 Å². The van der Waals surface area contributed by atoms with E-state index in [1.807, 2.05) is 42.1 Å². The molecule has 5 nitrogen and oxygen atoms in total. The lowest BCUT2D eigenvalue weighted by atomic mass is 10.0. The lowest BCUT2D eigenvalue weighted by Crippen LogP contribution is -2.29. The van der Waals surface area contributed by atoms with Gasteiger partial charge in [0.2, 0.25) is 10.0 Å². The standard InChI is InChI=1S/C23H30N2O3S2/c1-30(27,28)25(21-8-4-2-5-9-21)18-19-12-14-20(15-13-19)23(26)24-16-17-29-22-10-6-3-7-11-22/h2,4-5,8-9,12-15,22H,3,6-7,10-11,16-18H2,1H3,(H,24,26). The van der Waals surface area contributed by atoms with Gasteiger partial charge in [0, 0.05) is 23.1 Å². The number of thioether (sulfide) groups is 1. The van der Waals surface area contributed by atoms with Crippen molar-refractivity contribution in [3.8, 4) is 0 Å². The van der Waals surface area contributed by atoms with Crippen LogP contribution in [-0.4, -0.2) is 38.1 Å². The number of carbonyl (C=O) groups is 1. The molecule has 0 saturated heterocycles. The zero-order valence-corrected chi connectivity index (χ0v) is 19.1. The molecule has 1 saturated carbocycles. The maximum atomic E-state index is 12.4. The Morgan fingerprint density at radius 3 is 2.33 bits per heavy atom. The molecule has 0 heterocycles. The first-order chi connectivity index (χ1) is 14.4. The molecule has 1 N–H and O–H groups in total. The zero-order chi connectivity index (χ0) is 21.4. The third-order valence-electron chi connectivity index (χ3n) is 5.28. The highest BCUT2D eigenvalue weighted by Gasteiger charge is 2.18. The third kappa shape index (κ3) is 6.77. The van der Waals surface area contributed by atoms with Crippen molar-refractivity contribution in [1.82, 2.24) is 5.32 Å². The predicted octanol–water partition coefficient (Wildman–Crippen LogP) is 4.45. The Balaban J connectivity index is 1.52. The van der Waals surface area contributed by atoms with Gasteiger partial charge < -0.3 is 5.32 Å². The Hall–Kier alpha value is -1.99. The van der Waals surface area contributed by atoms with Gasteiger partial charge in [0.25, 0.3) is 5.91 Å². The van der Waals surface area contributed by atoms with Crippen LogP contribution in [0.4, 0.5) is 5.69 Å². The van der Waals surface area contributed by atoms with Crippen molar-refractivity contribution < 1.29 is 13.2 Å². The number of anilines is 1. The fourth-order valence-electron chi connectivity index (χ4n) is 3.65. The number of nitrogens with zero attached hydrogens (tertiary/aromatic N) is 1. The minimum atomic E-state index is -3.42. The Labute approximate surface area is 184 Å². The summed E-state index contributed by atoms with van der Waals surface area (Å²) >= 11 is 1.97. The predicted molar refractivity (Wildman–Crippen MR) is 126 cm³/mol. The van der Waals surface area contributed by atoms with E-state index in [4.69, 9.17) is 0 Å². The molecule has 0 atom stereocenters. The maximum absolute atomic E-state index is 12.4. The molecule has 0 unspecified atom stereocenters. The lowest BCUT2D eigenvalue weighted by molar-refractivity contribution is 0.0956. The molecular formula is C23H30N2O3S2. The van der Waals surface area contributed by atoms with E-state index in [-0.39, 0.29) is 12.5 Å². The Morgan fingerprint density at radius 1 is 1.03 bits per heavy atom. The smallest absolute Gasteiger partial charge is 0.251 e. The van der Waals surface area contributed by atoms with Crippen molar-refractivity contribution in [3.05, 3.63) is 65.7 Å². The van der Waals surface area contributed by atoms with Gasteiger partial charge in [0.15, 0.2) is 0 Å². The van der Waals surface area contributed by atoms with Gasteiger partial charge in [-0.25, -0.2) is 8.42 Å². The van der Waals surface area contributed by atoms with E-state index in [1.165, 1.54) is 42.7 Å². The van der Waals surface area contributed by atoms with Crippen LogP contribution in [0.25, 0.3) is 0 Å². The van der Waals surface area contributed by atoms with Gasteiger partial charge in [0.05, 0.1) is 18.5 Å². The number of nitrogens with one attached hydrogen (secondary N) is 1. The van der Waals surface area contributed by atoms with Crippen LogP contribution in [0.15, 0.2) is 54.6 Å². The number of amides is 1. The molecule has 30 heavy (non-hydrogen) atoms. The van der Waals surface area contributed by atoms with Gasteiger partial charge >= 0.3 is 0 Å². The third-order valence-corrected chi connectivity index (χ3v) is 7.80. The van der Waals surface area contributed by atoms with Gasteiger partial charge in [0.1, 0.15) is 0 Å². The van der Waals surface area contributed by atoms with Crippen molar-refractivity contribution in [2.45, 2.75) is 43.9 Å². The molecule has 1 amide bonds. The monoisotopic (exact) mass is 446 g/mol. The van der Waals surface area contributed by atoms with E-state index < -0.39 is 10.0 Å². The van der Waals surface area contributed by atoms with Gasteiger partial charge in [-0.15, -0.1) is 0 Å². The van der Waals surface area contributed by atoms with Gasteiger partial charge in [-0.2, -0.15) is 11.8 Å². The molecular weight excluding hydrogens is 416 g/mol. The summed E-state index contributed by atoms with van der Waals surface area (Å²) < 4.78 is 25.8. The van der Waals surface area contributed by atoms with Gasteiger partial charge in [-0.1, -0.05) is 49.6 Å². The van der Waals surface area contributed by atoms with E-state index in [0.717, 1.165) is 16.6 Å². The zero-order valence-electron chi connectivity index (χ0n) is 17.4. The molecule has 0 bridgehead atoms. The second-order valence-corrected chi connectivity index (χ2v) is 11.0. The van der Waals surface area contributed by atoms with E-state index in [1.54, 1.807) is 24.3 Å². The van der Waals surface area contributed by atoms with Crippen molar-refractivity contribution in [1.29, 1.82) is 0 Å². The quantitative estimate of drug-likeness (QED) is 0.578. The number of rotatable bonds is 9. The Morgan fingerprint density at radius 2 is 1.70 bits per heavy atom. The highest BCUT2D eigenvalue weighted by atomic mass is 32.2. The van der Waals surface area contributed by atoms with Crippen LogP contribution in [0.1, 0.15) is 48.0 Å². The normalized spacial score (nSPS) is 15.0. The fourth-order valence-corrected chi connectivity index (χ4v) is 5.75. The lowest BCUT2D eigenvalue weighted by Gasteiger charge is -2.22. The minimum Gasteiger partial charge on any atom is -0.351 e. The van der Waals surface area contributed by atoms with Crippen LogP contribution in [0.3, 0.4) is 0 Å². The molecule has 2 aromatic rings. The molecule has 7 heteroatoms. The van der Waals surface area contributed by atoms with Gasteiger partial charge in [-0.3, -0.25) is 9.10 Å². The Bertz CT molecular complexity index is 909. The molecule has 0 radical (unpaired) electrons. The molecule has 1 fully saturated rings. The average Bonchev–Trinajstić information content (AvgIpc) is 2.76. The van der Waals surface area contributed by atoms with Crippen LogP contribution in [0.2, 0.25) is 0 Å². The second kappa shape index (κ2) is 10.9. The van der Waals surface area contributed by atoms with Crippen LogP contribution >= 0.6 is 11.8 Å². The maximum Gasteiger partial charge on any atom is 0.251 e. The summed E-state index contributed by atoms with van der Waals surface area (Å²) in [5.74, 6) is 0.850. The molecule has 0 aliphatic heterocycles.